The molecule has 0 radical (unpaired) electrons. The number of rotatable bonds is 4. The lowest BCUT2D eigenvalue weighted by atomic mass is 10.4. The number of aryl methyl sites for hydroxylation is 1. The van der Waals surface area contributed by atoms with Crippen LogP contribution in [0.5, 0.6) is 0 Å². The van der Waals surface area contributed by atoms with Crippen LogP contribution in [-0.2, 0) is 11.2 Å². The Labute approximate surface area is 99.7 Å². The molecule has 88 valence electrons. The highest BCUT2D eigenvalue weighted by molar-refractivity contribution is 7.13. The van der Waals surface area contributed by atoms with Crippen LogP contribution in [0, 0.1) is 0 Å². The van der Waals surface area contributed by atoms with Crippen LogP contribution in [0.2, 0.25) is 0 Å². The average Bonchev–Trinajstić information content (AvgIpc) is 2.96. The number of nitrogens with one attached hydrogen (secondary N) is 1. The Bertz CT molecular complexity index is 358. The molecule has 2 heterocycles. The quantitative estimate of drug-likeness (QED) is 0.870. The summed E-state index contributed by atoms with van der Waals surface area (Å²) in [5.74, 6) is 0.186. The van der Waals surface area contributed by atoms with Crippen LogP contribution in [0.4, 0.5) is 5.13 Å². The first-order valence-corrected chi connectivity index (χ1v) is 6.63. The van der Waals surface area contributed by atoms with Gasteiger partial charge in [-0.25, -0.2) is 4.98 Å². The normalized spacial score (nSPS) is 15.4. The molecule has 1 aromatic heterocycles. The number of carbonyl (C=O) groups is 1. The first kappa shape index (κ1) is 11.4. The predicted molar refractivity (Wildman–Crippen MR) is 65.8 cm³/mol. The molecule has 0 aliphatic carbocycles. The van der Waals surface area contributed by atoms with E-state index in [0.29, 0.717) is 6.54 Å². The van der Waals surface area contributed by atoms with Crippen molar-refractivity contribution in [3.63, 3.8) is 0 Å². The second-order valence-electron chi connectivity index (χ2n) is 3.94. The molecule has 1 N–H and O–H groups in total. The first-order valence-electron chi connectivity index (χ1n) is 5.75. The third-order valence-electron chi connectivity index (χ3n) is 2.76. The lowest BCUT2D eigenvalue weighted by Crippen LogP contribution is -2.32. The Morgan fingerprint density at radius 1 is 1.56 bits per heavy atom. The molecule has 0 unspecified atom stereocenters. The number of aromatic nitrogens is 1. The number of anilines is 1. The summed E-state index contributed by atoms with van der Waals surface area (Å²) in [5, 5.41) is 5.97. The van der Waals surface area contributed by atoms with Crippen LogP contribution in [0.15, 0.2) is 5.38 Å². The Morgan fingerprint density at radius 3 is 2.94 bits per heavy atom. The van der Waals surface area contributed by atoms with E-state index in [2.05, 4.69) is 17.2 Å². The van der Waals surface area contributed by atoms with Crippen LogP contribution in [0.25, 0.3) is 0 Å². The number of likely N-dealkylation sites (tertiary alicyclic amines) is 1. The Morgan fingerprint density at radius 2 is 2.31 bits per heavy atom. The molecule has 2 rings (SSSR count). The van der Waals surface area contributed by atoms with Gasteiger partial charge in [-0.3, -0.25) is 4.79 Å². The van der Waals surface area contributed by atoms with Crippen LogP contribution in [0.3, 0.4) is 0 Å². The lowest BCUT2D eigenvalue weighted by Gasteiger charge is -2.14. The van der Waals surface area contributed by atoms with E-state index >= 15 is 0 Å². The highest BCUT2D eigenvalue weighted by Crippen LogP contribution is 2.15. The zero-order valence-electron chi connectivity index (χ0n) is 9.53. The average molecular weight is 239 g/mol. The summed E-state index contributed by atoms with van der Waals surface area (Å²) in [5.41, 5.74) is 1.08. The van der Waals surface area contributed by atoms with Gasteiger partial charge in [-0.1, -0.05) is 6.92 Å². The smallest absolute Gasteiger partial charge is 0.241 e. The summed E-state index contributed by atoms with van der Waals surface area (Å²) in [4.78, 5) is 18.0. The highest BCUT2D eigenvalue weighted by Gasteiger charge is 2.17. The Kier molecular flexibility index (Phi) is 3.77. The van der Waals surface area contributed by atoms with Crippen molar-refractivity contribution in [2.24, 2.45) is 0 Å². The molecular weight excluding hydrogens is 222 g/mol. The number of carbonyl (C=O) groups excluding carboxylic acids is 1. The molecule has 4 nitrogen and oxygen atoms in total. The van der Waals surface area contributed by atoms with E-state index in [9.17, 15) is 4.79 Å². The molecule has 1 aromatic rings. The van der Waals surface area contributed by atoms with E-state index in [1.54, 1.807) is 11.3 Å². The van der Waals surface area contributed by atoms with Gasteiger partial charge >= 0.3 is 0 Å². The number of hydrogen-bond acceptors (Lipinski definition) is 4. The lowest BCUT2D eigenvalue weighted by molar-refractivity contribution is -0.128. The van der Waals surface area contributed by atoms with E-state index in [1.807, 2.05) is 10.3 Å². The summed E-state index contributed by atoms with van der Waals surface area (Å²) in [7, 11) is 0. The maximum atomic E-state index is 11.7. The molecule has 1 aliphatic rings. The second-order valence-corrected chi connectivity index (χ2v) is 4.80. The second kappa shape index (κ2) is 5.30. The zero-order valence-corrected chi connectivity index (χ0v) is 10.3. The third kappa shape index (κ3) is 2.72. The van der Waals surface area contributed by atoms with Gasteiger partial charge in [-0.2, -0.15) is 0 Å². The van der Waals surface area contributed by atoms with Gasteiger partial charge in [-0.05, 0) is 19.3 Å². The Balaban J connectivity index is 1.80. The maximum absolute atomic E-state index is 11.7. The van der Waals surface area contributed by atoms with Crippen LogP contribution >= 0.6 is 11.3 Å². The van der Waals surface area contributed by atoms with Gasteiger partial charge in [0.05, 0.1) is 12.2 Å². The van der Waals surface area contributed by atoms with E-state index < -0.39 is 0 Å². The maximum Gasteiger partial charge on any atom is 0.241 e. The van der Waals surface area contributed by atoms with Crippen molar-refractivity contribution in [3.8, 4) is 0 Å². The van der Waals surface area contributed by atoms with Crippen molar-refractivity contribution in [3.05, 3.63) is 11.1 Å². The van der Waals surface area contributed by atoms with Crippen molar-refractivity contribution in [2.75, 3.05) is 25.0 Å². The van der Waals surface area contributed by atoms with Gasteiger partial charge in [0, 0.05) is 18.5 Å². The molecule has 5 heteroatoms. The minimum atomic E-state index is 0.186. The topological polar surface area (TPSA) is 45.2 Å². The summed E-state index contributed by atoms with van der Waals surface area (Å²) < 4.78 is 0. The van der Waals surface area contributed by atoms with Gasteiger partial charge in [0.25, 0.3) is 0 Å². The summed E-state index contributed by atoms with van der Waals surface area (Å²) >= 11 is 1.57. The number of thiazole rings is 1. The summed E-state index contributed by atoms with van der Waals surface area (Å²) in [6.07, 6.45) is 3.23. The van der Waals surface area contributed by atoms with Crippen molar-refractivity contribution in [1.29, 1.82) is 0 Å². The fourth-order valence-electron chi connectivity index (χ4n) is 1.78. The monoisotopic (exact) mass is 239 g/mol. The summed E-state index contributed by atoms with van der Waals surface area (Å²) in [6.45, 7) is 4.28. The van der Waals surface area contributed by atoms with E-state index in [0.717, 1.165) is 43.2 Å². The fourth-order valence-corrected chi connectivity index (χ4v) is 2.57. The molecule has 1 saturated heterocycles. The SMILES string of the molecule is CCc1csc(NCC(=O)N2CCCC2)n1. The van der Waals surface area contributed by atoms with Crippen molar-refractivity contribution >= 4 is 22.4 Å². The minimum Gasteiger partial charge on any atom is -0.352 e. The molecule has 1 fully saturated rings. The molecule has 0 atom stereocenters. The predicted octanol–water partition coefficient (Wildman–Crippen LogP) is 1.74. The van der Waals surface area contributed by atoms with E-state index in [1.165, 1.54) is 0 Å². The standard InChI is InChI=1S/C11H17N3OS/c1-2-9-8-16-11(13-9)12-7-10(15)14-5-3-4-6-14/h8H,2-7H2,1H3,(H,12,13). The number of hydrogen-bond donors (Lipinski definition) is 1. The van der Waals surface area contributed by atoms with E-state index in [-0.39, 0.29) is 5.91 Å². The molecular formula is C11H17N3OS. The van der Waals surface area contributed by atoms with Gasteiger partial charge in [0.1, 0.15) is 0 Å². The number of amides is 1. The third-order valence-corrected chi connectivity index (χ3v) is 3.61. The fraction of sp³-hybridized carbons (Fsp3) is 0.636. The molecule has 0 bridgehead atoms. The highest BCUT2D eigenvalue weighted by atomic mass is 32.1. The molecule has 1 amide bonds. The van der Waals surface area contributed by atoms with Crippen molar-refractivity contribution in [1.82, 2.24) is 9.88 Å². The van der Waals surface area contributed by atoms with Crippen LogP contribution in [-0.4, -0.2) is 35.4 Å². The van der Waals surface area contributed by atoms with Gasteiger partial charge in [-0.15, -0.1) is 11.3 Å². The summed E-state index contributed by atoms with van der Waals surface area (Å²) in [6, 6.07) is 0. The number of nitrogens with zero attached hydrogens (tertiary/aromatic N) is 2. The first-order chi connectivity index (χ1) is 7.79. The Hall–Kier alpha value is -1.10. The minimum absolute atomic E-state index is 0.186. The van der Waals surface area contributed by atoms with Crippen LogP contribution in [0.1, 0.15) is 25.5 Å². The zero-order chi connectivity index (χ0) is 11.4. The van der Waals surface area contributed by atoms with Gasteiger partial charge < -0.3 is 10.2 Å². The molecule has 0 aromatic carbocycles. The molecule has 16 heavy (non-hydrogen) atoms. The largest absolute Gasteiger partial charge is 0.352 e. The van der Waals surface area contributed by atoms with Gasteiger partial charge in [0.2, 0.25) is 5.91 Å². The van der Waals surface area contributed by atoms with Crippen LogP contribution < -0.4 is 5.32 Å². The molecule has 1 aliphatic heterocycles. The van der Waals surface area contributed by atoms with E-state index in [4.69, 9.17) is 0 Å². The molecule has 0 saturated carbocycles. The van der Waals surface area contributed by atoms with Gasteiger partial charge in [0.15, 0.2) is 5.13 Å². The van der Waals surface area contributed by atoms with Crippen molar-refractivity contribution in [2.45, 2.75) is 26.2 Å². The van der Waals surface area contributed by atoms with Crippen molar-refractivity contribution < 1.29 is 4.79 Å². The molecule has 0 spiro atoms.